The summed E-state index contributed by atoms with van der Waals surface area (Å²) in [4.78, 5) is 19.7. The first-order valence-corrected chi connectivity index (χ1v) is 8.09. The average Bonchev–Trinajstić information content (AvgIpc) is 2.82. The van der Waals surface area contributed by atoms with E-state index < -0.39 is 0 Å². The summed E-state index contributed by atoms with van der Waals surface area (Å²) in [6.07, 6.45) is 5.67. The van der Waals surface area contributed by atoms with E-state index in [0.717, 1.165) is 30.3 Å². The number of H-pyrrole nitrogens is 1. The third-order valence-corrected chi connectivity index (χ3v) is 4.87. The Morgan fingerprint density at radius 1 is 1.42 bits per heavy atom. The lowest BCUT2D eigenvalue weighted by Gasteiger charge is -2.13. The van der Waals surface area contributed by atoms with Gasteiger partial charge in [-0.15, -0.1) is 0 Å². The number of hydrogen-bond acceptors (Lipinski definition) is 2. The molecule has 2 rings (SSSR count). The molecule has 0 spiro atoms. The Morgan fingerprint density at radius 2 is 2.16 bits per heavy atom. The van der Waals surface area contributed by atoms with Crippen LogP contribution in [0.15, 0.2) is 9.27 Å². The number of halogens is 1. The van der Waals surface area contributed by atoms with Crippen molar-refractivity contribution in [3.8, 4) is 0 Å². The van der Waals surface area contributed by atoms with E-state index in [-0.39, 0.29) is 5.56 Å². The summed E-state index contributed by atoms with van der Waals surface area (Å²) >= 11 is 3.37. The minimum atomic E-state index is -0.0272. The zero-order valence-electron chi connectivity index (χ0n) is 12.0. The van der Waals surface area contributed by atoms with E-state index in [9.17, 15) is 4.79 Å². The zero-order valence-corrected chi connectivity index (χ0v) is 13.6. The number of nitrogens with zero attached hydrogens (tertiary/aromatic N) is 1. The van der Waals surface area contributed by atoms with E-state index in [4.69, 9.17) is 4.98 Å². The molecule has 2 unspecified atom stereocenters. The molecule has 1 aromatic rings. The largest absolute Gasteiger partial charge is 0.309 e. The van der Waals surface area contributed by atoms with E-state index in [0.29, 0.717) is 16.3 Å². The molecule has 4 heteroatoms. The molecule has 2 atom stereocenters. The number of hydrogen-bond donors (Lipinski definition) is 1. The minimum absolute atomic E-state index is 0.0272. The normalized spacial score (nSPS) is 23.2. The molecule has 1 aliphatic rings. The highest BCUT2D eigenvalue weighted by atomic mass is 79.9. The van der Waals surface area contributed by atoms with Gasteiger partial charge in [-0.3, -0.25) is 4.79 Å². The smallest absolute Gasteiger partial charge is 0.265 e. The van der Waals surface area contributed by atoms with Gasteiger partial charge in [0.2, 0.25) is 0 Å². The average molecular weight is 327 g/mol. The molecular formula is C15H23BrN2O. The Balaban J connectivity index is 2.27. The van der Waals surface area contributed by atoms with E-state index in [2.05, 4.69) is 41.7 Å². The molecule has 0 aromatic carbocycles. The number of aromatic nitrogens is 2. The molecule has 0 radical (unpaired) electrons. The minimum Gasteiger partial charge on any atom is -0.309 e. The van der Waals surface area contributed by atoms with Gasteiger partial charge in [0.05, 0.1) is 5.69 Å². The van der Waals surface area contributed by atoms with Gasteiger partial charge in [-0.05, 0) is 53.4 Å². The van der Waals surface area contributed by atoms with Crippen molar-refractivity contribution in [1.82, 2.24) is 9.97 Å². The fourth-order valence-electron chi connectivity index (χ4n) is 2.93. The predicted octanol–water partition coefficient (Wildman–Crippen LogP) is 4.02. The lowest BCUT2D eigenvalue weighted by atomic mass is 10.0. The molecule has 1 fully saturated rings. The van der Waals surface area contributed by atoms with Crippen molar-refractivity contribution in [2.24, 2.45) is 11.8 Å². The molecular weight excluding hydrogens is 304 g/mol. The molecule has 3 nitrogen and oxygen atoms in total. The van der Waals surface area contributed by atoms with Crippen LogP contribution >= 0.6 is 15.9 Å². The second kappa shape index (κ2) is 6.21. The first-order valence-electron chi connectivity index (χ1n) is 7.29. The second-order valence-electron chi connectivity index (χ2n) is 6.09. The van der Waals surface area contributed by atoms with E-state index >= 15 is 0 Å². The van der Waals surface area contributed by atoms with Gasteiger partial charge in [-0.2, -0.15) is 0 Å². The van der Waals surface area contributed by atoms with Crippen LogP contribution in [-0.4, -0.2) is 9.97 Å². The summed E-state index contributed by atoms with van der Waals surface area (Å²) in [5, 5.41) is 0. The fourth-order valence-corrected chi connectivity index (χ4v) is 3.28. The number of rotatable bonds is 4. The van der Waals surface area contributed by atoms with Gasteiger partial charge in [0.15, 0.2) is 0 Å². The van der Waals surface area contributed by atoms with Gasteiger partial charge in [0, 0.05) is 5.92 Å². The maximum Gasteiger partial charge on any atom is 0.265 e. The van der Waals surface area contributed by atoms with Crippen molar-refractivity contribution in [2.75, 3.05) is 0 Å². The van der Waals surface area contributed by atoms with Crippen LogP contribution in [0.5, 0.6) is 0 Å². The van der Waals surface area contributed by atoms with Crippen molar-refractivity contribution in [2.45, 2.75) is 58.8 Å². The molecule has 1 saturated carbocycles. The molecule has 19 heavy (non-hydrogen) atoms. The SMILES string of the molecule is CCC1CCC(c2nc(CC(C)C)c(Br)c(=O)[nH]2)C1. The van der Waals surface area contributed by atoms with Crippen LogP contribution in [0.2, 0.25) is 0 Å². The van der Waals surface area contributed by atoms with Crippen LogP contribution in [0.1, 0.15) is 63.9 Å². The van der Waals surface area contributed by atoms with Crippen LogP contribution < -0.4 is 5.56 Å². The fraction of sp³-hybridized carbons (Fsp3) is 0.733. The summed E-state index contributed by atoms with van der Waals surface area (Å²) < 4.78 is 0.606. The first kappa shape index (κ1) is 14.8. The van der Waals surface area contributed by atoms with Crippen molar-refractivity contribution in [3.05, 3.63) is 26.3 Å². The predicted molar refractivity (Wildman–Crippen MR) is 81.5 cm³/mol. The summed E-state index contributed by atoms with van der Waals surface area (Å²) in [5.74, 6) is 2.65. The highest BCUT2D eigenvalue weighted by Crippen LogP contribution is 2.38. The quantitative estimate of drug-likeness (QED) is 0.908. The molecule has 0 amide bonds. The van der Waals surface area contributed by atoms with E-state index in [1.54, 1.807) is 0 Å². The van der Waals surface area contributed by atoms with Gasteiger partial charge in [0.25, 0.3) is 5.56 Å². The van der Waals surface area contributed by atoms with Crippen LogP contribution in [0, 0.1) is 11.8 Å². The van der Waals surface area contributed by atoms with Gasteiger partial charge in [-0.25, -0.2) is 4.98 Å². The van der Waals surface area contributed by atoms with Gasteiger partial charge < -0.3 is 4.98 Å². The van der Waals surface area contributed by atoms with Crippen molar-refractivity contribution in [1.29, 1.82) is 0 Å². The summed E-state index contributed by atoms with van der Waals surface area (Å²) in [6.45, 7) is 6.55. The summed E-state index contributed by atoms with van der Waals surface area (Å²) in [7, 11) is 0. The number of nitrogens with one attached hydrogen (secondary N) is 1. The molecule has 1 N–H and O–H groups in total. The van der Waals surface area contributed by atoms with Crippen molar-refractivity contribution in [3.63, 3.8) is 0 Å². The third-order valence-electron chi connectivity index (χ3n) is 4.06. The van der Waals surface area contributed by atoms with Crippen LogP contribution in [0.25, 0.3) is 0 Å². The summed E-state index contributed by atoms with van der Waals surface area (Å²) in [6, 6.07) is 0. The molecule has 0 aliphatic heterocycles. The second-order valence-corrected chi connectivity index (χ2v) is 6.89. The van der Waals surface area contributed by atoms with Crippen LogP contribution in [0.4, 0.5) is 0 Å². The molecule has 0 bridgehead atoms. The van der Waals surface area contributed by atoms with Gasteiger partial charge in [-0.1, -0.05) is 27.2 Å². The highest BCUT2D eigenvalue weighted by Gasteiger charge is 2.27. The van der Waals surface area contributed by atoms with Crippen molar-refractivity contribution >= 4 is 15.9 Å². The Kier molecular flexibility index (Phi) is 4.82. The summed E-state index contributed by atoms with van der Waals surface area (Å²) in [5.41, 5.74) is 0.884. The third kappa shape index (κ3) is 3.47. The Labute approximate surface area is 123 Å². The topological polar surface area (TPSA) is 45.8 Å². The molecule has 1 heterocycles. The standard InChI is InChI=1S/C15H23BrN2O/c1-4-10-5-6-11(8-10)14-17-12(7-9(2)3)13(16)15(19)18-14/h9-11H,4-8H2,1-3H3,(H,17,18,19). The Hall–Kier alpha value is -0.640. The lowest BCUT2D eigenvalue weighted by Crippen LogP contribution is -2.18. The molecule has 1 aromatic heterocycles. The molecule has 1 aliphatic carbocycles. The van der Waals surface area contributed by atoms with Gasteiger partial charge >= 0.3 is 0 Å². The maximum absolute atomic E-state index is 12.0. The lowest BCUT2D eigenvalue weighted by molar-refractivity contribution is 0.515. The van der Waals surface area contributed by atoms with Gasteiger partial charge in [0.1, 0.15) is 10.3 Å². The van der Waals surface area contributed by atoms with E-state index in [1.807, 2.05) is 0 Å². The van der Waals surface area contributed by atoms with E-state index in [1.165, 1.54) is 19.3 Å². The van der Waals surface area contributed by atoms with Crippen LogP contribution in [-0.2, 0) is 6.42 Å². The maximum atomic E-state index is 12.0. The monoisotopic (exact) mass is 326 g/mol. The van der Waals surface area contributed by atoms with Crippen molar-refractivity contribution < 1.29 is 0 Å². The van der Waals surface area contributed by atoms with Crippen LogP contribution in [0.3, 0.4) is 0 Å². The zero-order chi connectivity index (χ0) is 14.0. The Morgan fingerprint density at radius 3 is 2.74 bits per heavy atom. The first-order chi connectivity index (χ1) is 9.01. The molecule has 0 saturated heterocycles. The highest BCUT2D eigenvalue weighted by molar-refractivity contribution is 9.10. The Bertz CT molecular complexity index is 495. The molecule has 106 valence electrons. The number of aromatic amines is 1.